The van der Waals surface area contributed by atoms with Gasteiger partial charge in [0.05, 0.1) is 36.5 Å². The number of thiazole rings is 1. The summed E-state index contributed by atoms with van der Waals surface area (Å²) in [6.45, 7) is 0.254. The fourth-order valence-corrected chi connectivity index (χ4v) is 4.26. The molecule has 1 heterocycles. The van der Waals surface area contributed by atoms with Crippen LogP contribution in [0.15, 0.2) is 71.7 Å². The van der Waals surface area contributed by atoms with E-state index in [1.807, 2.05) is 48.5 Å². The highest BCUT2D eigenvalue weighted by Gasteiger charge is 2.16. The molecule has 0 N–H and O–H groups in total. The van der Waals surface area contributed by atoms with Crippen LogP contribution < -0.4 is 19.0 Å². The maximum atomic E-state index is 13.2. The number of amides is 1. The number of rotatable bonds is 6. The molecule has 1 amide bonds. The first kappa shape index (κ1) is 21.2. The average Bonchev–Trinajstić information content (AvgIpc) is 3.15. The van der Waals surface area contributed by atoms with Crippen molar-refractivity contribution in [3.63, 3.8) is 0 Å². The first-order valence-corrected chi connectivity index (χ1v) is 10.6. The number of carbonyl (C=O) groups excluding carboxylic acids is 1. The average molecular weight is 445 g/mol. The summed E-state index contributed by atoms with van der Waals surface area (Å²) in [6.07, 6.45) is 5.59. The Bertz CT molecular complexity index is 1380. The SMILES string of the molecule is C#CCn1c(=NC(=O)c2ccccc2Oc2ccccc2)sc2cc(OC)c(OC)cc21. The number of hydrogen-bond donors (Lipinski definition) is 0. The number of aromatic nitrogens is 1. The zero-order valence-corrected chi connectivity index (χ0v) is 18.4. The number of carbonyl (C=O) groups is 1. The van der Waals surface area contributed by atoms with Crippen LogP contribution >= 0.6 is 11.3 Å². The first-order chi connectivity index (χ1) is 15.6. The fraction of sp³-hybridized carbons (Fsp3) is 0.120. The van der Waals surface area contributed by atoms with Crippen molar-refractivity contribution in [2.75, 3.05) is 14.2 Å². The second-order valence-electron chi connectivity index (χ2n) is 6.68. The number of terminal acetylenes is 1. The lowest BCUT2D eigenvalue weighted by Gasteiger charge is -2.09. The van der Waals surface area contributed by atoms with Crippen LogP contribution in [0, 0.1) is 12.3 Å². The van der Waals surface area contributed by atoms with Crippen molar-refractivity contribution in [3.05, 3.63) is 77.1 Å². The van der Waals surface area contributed by atoms with Crippen LogP contribution in [0.25, 0.3) is 10.2 Å². The monoisotopic (exact) mass is 444 g/mol. The summed E-state index contributed by atoms with van der Waals surface area (Å²) in [5.74, 6) is 4.43. The molecule has 160 valence electrons. The second-order valence-corrected chi connectivity index (χ2v) is 7.69. The van der Waals surface area contributed by atoms with Gasteiger partial charge in [-0.3, -0.25) is 4.79 Å². The lowest BCUT2D eigenvalue weighted by atomic mass is 10.2. The molecule has 6 nitrogen and oxygen atoms in total. The Hall–Kier alpha value is -4.02. The molecule has 0 aliphatic carbocycles. The summed E-state index contributed by atoms with van der Waals surface area (Å²) in [5, 5.41) is 0. The molecular weight excluding hydrogens is 424 g/mol. The van der Waals surface area contributed by atoms with Gasteiger partial charge in [0, 0.05) is 12.1 Å². The van der Waals surface area contributed by atoms with Crippen molar-refractivity contribution in [3.8, 4) is 35.3 Å². The Morgan fingerprint density at radius 3 is 2.41 bits per heavy atom. The Labute approximate surface area is 189 Å². The Kier molecular flexibility index (Phi) is 6.24. The summed E-state index contributed by atoms with van der Waals surface area (Å²) in [4.78, 5) is 18.0. The van der Waals surface area contributed by atoms with Crippen molar-refractivity contribution < 1.29 is 19.0 Å². The standard InChI is InChI=1S/C25H20N2O4S/c1-4-14-27-19-15-21(29-2)22(30-3)16-23(19)32-25(27)26-24(28)18-12-8-9-13-20(18)31-17-10-6-5-7-11-17/h1,5-13,15-16H,14H2,2-3H3. The largest absolute Gasteiger partial charge is 0.493 e. The first-order valence-electron chi connectivity index (χ1n) is 9.74. The van der Waals surface area contributed by atoms with Crippen molar-refractivity contribution >= 4 is 27.5 Å². The highest BCUT2D eigenvalue weighted by atomic mass is 32.1. The van der Waals surface area contributed by atoms with Gasteiger partial charge in [0.2, 0.25) is 0 Å². The molecule has 4 aromatic rings. The minimum Gasteiger partial charge on any atom is -0.493 e. The molecule has 32 heavy (non-hydrogen) atoms. The maximum Gasteiger partial charge on any atom is 0.283 e. The van der Waals surface area contributed by atoms with E-state index < -0.39 is 5.91 Å². The van der Waals surface area contributed by atoms with Crippen LogP contribution in [-0.4, -0.2) is 24.7 Å². The van der Waals surface area contributed by atoms with E-state index in [1.165, 1.54) is 11.3 Å². The molecule has 4 rings (SSSR count). The summed E-state index contributed by atoms with van der Waals surface area (Å²) >= 11 is 1.35. The van der Waals surface area contributed by atoms with E-state index in [4.69, 9.17) is 20.6 Å². The minimum absolute atomic E-state index is 0.254. The van der Waals surface area contributed by atoms with E-state index in [2.05, 4.69) is 10.9 Å². The van der Waals surface area contributed by atoms with Crippen molar-refractivity contribution in [2.45, 2.75) is 6.54 Å². The molecule has 7 heteroatoms. The van der Waals surface area contributed by atoms with Gasteiger partial charge >= 0.3 is 0 Å². The predicted molar refractivity (Wildman–Crippen MR) is 125 cm³/mol. The van der Waals surface area contributed by atoms with E-state index in [9.17, 15) is 4.79 Å². The third-order valence-corrected chi connectivity index (χ3v) is 5.76. The predicted octanol–water partition coefficient (Wildman–Crippen LogP) is 4.89. The van der Waals surface area contributed by atoms with Crippen LogP contribution in [0.3, 0.4) is 0 Å². The van der Waals surface area contributed by atoms with Crippen LogP contribution in [-0.2, 0) is 6.54 Å². The Morgan fingerprint density at radius 2 is 1.69 bits per heavy atom. The lowest BCUT2D eigenvalue weighted by molar-refractivity contribution is 0.0995. The number of para-hydroxylation sites is 2. The number of hydrogen-bond acceptors (Lipinski definition) is 5. The molecule has 0 bridgehead atoms. The van der Waals surface area contributed by atoms with Gasteiger partial charge in [-0.2, -0.15) is 4.99 Å². The van der Waals surface area contributed by atoms with E-state index >= 15 is 0 Å². The summed E-state index contributed by atoms with van der Waals surface area (Å²) in [6, 6.07) is 20.0. The molecule has 0 saturated carbocycles. The molecule has 0 aliphatic rings. The molecule has 0 unspecified atom stereocenters. The lowest BCUT2D eigenvalue weighted by Crippen LogP contribution is -2.16. The molecule has 3 aromatic carbocycles. The van der Waals surface area contributed by atoms with Crippen molar-refractivity contribution in [1.82, 2.24) is 4.57 Å². The van der Waals surface area contributed by atoms with Gasteiger partial charge in [0.15, 0.2) is 16.3 Å². The summed E-state index contributed by atoms with van der Waals surface area (Å²) in [5.41, 5.74) is 1.17. The van der Waals surface area contributed by atoms with Crippen LogP contribution in [0.5, 0.6) is 23.0 Å². The van der Waals surface area contributed by atoms with Gasteiger partial charge in [-0.1, -0.05) is 47.6 Å². The summed E-state index contributed by atoms with van der Waals surface area (Å²) in [7, 11) is 3.14. The Morgan fingerprint density at radius 1 is 1.00 bits per heavy atom. The quantitative estimate of drug-likeness (QED) is 0.398. The van der Waals surface area contributed by atoms with Crippen LogP contribution in [0.4, 0.5) is 0 Å². The smallest absolute Gasteiger partial charge is 0.283 e. The summed E-state index contributed by atoms with van der Waals surface area (Å²) < 4.78 is 19.4. The molecule has 0 fully saturated rings. The third kappa shape index (κ3) is 4.22. The van der Waals surface area contributed by atoms with E-state index in [0.29, 0.717) is 33.4 Å². The van der Waals surface area contributed by atoms with Gasteiger partial charge in [-0.15, -0.1) is 6.42 Å². The number of ether oxygens (including phenoxy) is 3. The van der Waals surface area contributed by atoms with E-state index in [1.54, 1.807) is 37.0 Å². The number of benzene rings is 3. The number of methoxy groups -OCH3 is 2. The fourth-order valence-electron chi connectivity index (χ4n) is 3.22. The van der Waals surface area contributed by atoms with Gasteiger partial charge in [0.1, 0.15) is 11.5 Å². The van der Waals surface area contributed by atoms with Gasteiger partial charge in [-0.25, -0.2) is 0 Å². The van der Waals surface area contributed by atoms with Crippen LogP contribution in [0.1, 0.15) is 10.4 Å². The molecule has 0 radical (unpaired) electrons. The molecule has 1 aromatic heterocycles. The number of fused-ring (bicyclic) bond motifs is 1. The topological polar surface area (TPSA) is 62.1 Å². The molecule has 0 spiro atoms. The molecular formula is C25H20N2O4S. The molecule has 0 atom stereocenters. The maximum absolute atomic E-state index is 13.2. The molecule has 0 aliphatic heterocycles. The normalized spacial score (nSPS) is 11.2. The van der Waals surface area contributed by atoms with Crippen molar-refractivity contribution in [1.29, 1.82) is 0 Å². The number of nitrogens with zero attached hydrogens (tertiary/aromatic N) is 2. The third-order valence-electron chi connectivity index (χ3n) is 4.72. The second kappa shape index (κ2) is 9.41. The Balaban J connectivity index is 1.80. The highest BCUT2D eigenvalue weighted by Crippen LogP contribution is 2.33. The zero-order valence-electron chi connectivity index (χ0n) is 17.6. The van der Waals surface area contributed by atoms with Gasteiger partial charge in [-0.05, 0) is 24.3 Å². The zero-order chi connectivity index (χ0) is 22.5. The van der Waals surface area contributed by atoms with E-state index in [-0.39, 0.29) is 6.54 Å². The molecule has 0 saturated heterocycles. The van der Waals surface area contributed by atoms with Gasteiger partial charge < -0.3 is 18.8 Å². The minimum atomic E-state index is -0.423. The van der Waals surface area contributed by atoms with E-state index in [0.717, 1.165) is 10.2 Å². The highest BCUT2D eigenvalue weighted by molar-refractivity contribution is 7.16. The van der Waals surface area contributed by atoms with Crippen LogP contribution in [0.2, 0.25) is 0 Å². The van der Waals surface area contributed by atoms with Gasteiger partial charge in [0.25, 0.3) is 5.91 Å². The van der Waals surface area contributed by atoms with Crippen molar-refractivity contribution in [2.24, 2.45) is 4.99 Å².